The highest BCUT2D eigenvalue weighted by Gasteiger charge is 2.28. The molecule has 1 aliphatic heterocycles. The van der Waals surface area contributed by atoms with Gasteiger partial charge in [0.25, 0.3) is 0 Å². The van der Waals surface area contributed by atoms with Gasteiger partial charge < -0.3 is 15.4 Å². The van der Waals surface area contributed by atoms with Gasteiger partial charge in [-0.05, 0) is 26.3 Å². The summed E-state index contributed by atoms with van der Waals surface area (Å²) in [5, 5.41) is 6.52. The van der Waals surface area contributed by atoms with Crippen molar-refractivity contribution in [3.63, 3.8) is 0 Å². The summed E-state index contributed by atoms with van der Waals surface area (Å²) in [6.45, 7) is 7.03. The molecule has 1 heterocycles. The summed E-state index contributed by atoms with van der Waals surface area (Å²) in [6, 6.07) is 0. The Morgan fingerprint density at radius 2 is 2.40 bits per heavy atom. The van der Waals surface area contributed by atoms with E-state index >= 15 is 0 Å². The zero-order chi connectivity index (χ0) is 11.1. The van der Waals surface area contributed by atoms with Crippen LogP contribution in [-0.4, -0.2) is 37.7 Å². The lowest BCUT2D eigenvalue weighted by Gasteiger charge is -2.23. The van der Waals surface area contributed by atoms with Gasteiger partial charge in [-0.25, -0.2) is 0 Å². The third-order valence-electron chi connectivity index (χ3n) is 2.79. The number of hydrogen-bond acceptors (Lipinski definition) is 4. The topological polar surface area (TPSA) is 50.4 Å². The van der Waals surface area contributed by atoms with E-state index in [1.807, 2.05) is 0 Å². The number of ether oxygens (including phenoxy) is 1. The first-order chi connectivity index (χ1) is 7.16. The maximum Gasteiger partial charge on any atom is 0.319 e. The highest BCUT2D eigenvalue weighted by Crippen LogP contribution is 2.12. The second-order valence-corrected chi connectivity index (χ2v) is 4.42. The highest BCUT2D eigenvalue weighted by molar-refractivity contribution is 5.71. The molecule has 1 fully saturated rings. The Morgan fingerprint density at radius 3 is 3.00 bits per heavy atom. The zero-order valence-corrected chi connectivity index (χ0v) is 9.77. The summed E-state index contributed by atoms with van der Waals surface area (Å²) in [5.74, 6) is -0.142. The maximum atomic E-state index is 11.3. The van der Waals surface area contributed by atoms with Crippen LogP contribution in [-0.2, 0) is 9.53 Å². The van der Waals surface area contributed by atoms with Crippen molar-refractivity contribution in [2.24, 2.45) is 0 Å². The van der Waals surface area contributed by atoms with E-state index in [2.05, 4.69) is 24.5 Å². The zero-order valence-electron chi connectivity index (χ0n) is 9.77. The molecule has 0 spiro atoms. The minimum Gasteiger partial charge on any atom is -0.465 e. The molecule has 88 valence electrons. The largest absolute Gasteiger partial charge is 0.465 e. The first-order valence-corrected chi connectivity index (χ1v) is 5.78. The molecule has 1 saturated heterocycles. The third kappa shape index (κ3) is 4.62. The van der Waals surface area contributed by atoms with E-state index in [9.17, 15) is 4.79 Å². The molecule has 0 bridgehead atoms. The predicted molar refractivity (Wildman–Crippen MR) is 59.8 cm³/mol. The normalized spacial score (nSPS) is 25.5. The monoisotopic (exact) mass is 214 g/mol. The summed E-state index contributed by atoms with van der Waals surface area (Å²) in [4.78, 5) is 11.3. The van der Waals surface area contributed by atoms with Crippen LogP contribution >= 0.6 is 0 Å². The van der Waals surface area contributed by atoms with E-state index in [-0.39, 0.29) is 11.5 Å². The Kier molecular flexibility index (Phi) is 5.05. The van der Waals surface area contributed by atoms with Gasteiger partial charge in [-0.3, -0.25) is 4.79 Å². The molecule has 1 aliphatic rings. The van der Waals surface area contributed by atoms with Crippen molar-refractivity contribution in [1.82, 2.24) is 10.6 Å². The van der Waals surface area contributed by atoms with Crippen LogP contribution in [0.25, 0.3) is 0 Å². The van der Waals surface area contributed by atoms with Crippen molar-refractivity contribution >= 4 is 5.97 Å². The van der Waals surface area contributed by atoms with Crippen LogP contribution in [0, 0.1) is 0 Å². The minimum absolute atomic E-state index is 0.0593. The fraction of sp³-hybridized carbons (Fsp3) is 0.909. The number of unbranched alkanes of at least 4 members (excludes halogenated alkanes) is 1. The Labute approximate surface area is 91.8 Å². The molecule has 4 heteroatoms. The molecule has 1 rings (SSSR count). The van der Waals surface area contributed by atoms with Crippen LogP contribution < -0.4 is 10.6 Å². The van der Waals surface area contributed by atoms with Crippen LogP contribution in [0.15, 0.2) is 0 Å². The Bertz CT molecular complexity index is 201. The summed E-state index contributed by atoms with van der Waals surface area (Å²) >= 11 is 0. The predicted octanol–water partition coefficient (Wildman–Crippen LogP) is 0.671. The summed E-state index contributed by atoms with van der Waals surface area (Å²) in [6.07, 6.45) is 3.07. The van der Waals surface area contributed by atoms with Crippen LogP contribution in [0.1, 0.15) is 33.1 Å². The Hall–Kier alpha value is -0.610. The van der Waals surface area contributed by atoms with E-state index in [0.29, 0.717) is 13.2 Å². The van der Waals surface area contributed by atoms with Crippen LogP contribution in [0.3, 0.4) is 0 Å². The molecular weight excluding hydrogens is 192 g/mol. The summed E-state index contributed by atoms with van der Waals surface area (Å²) in [5.41, 5.74) is 0.0593. The lowest BCUT2D eigenvalue weighted by atomic mass is 10.0. The van der Waals surface area contributed by atoms with E-state index in [1.165, 1.54) is 0 Å². The molecule has 0 aromatic rings. The quantitative estimate of drug-likeness (QED) is 0.504. The van der Waals surface area contributed by atoms with Crippen LogP contribution in [0.5, 0.6) is 0 Å². The highest BCUT2D eigenvalue weighted by atomic mass is 16.5. The first kappa shape index (κ1) is 12.5. The smallest absolute Gasteiger partial charge is 0.319 e. The van der Waals surface area contributed by atoms with E-state index < -0.39 is 0 Å². The number of rotatable bonds is 6. The molecule has 15 heavy (non-hydrogen) atoms. The van der Waals surface area contributed by atoms with Crippen molar-refractivity contribution in [3.05, 3.63) is 0 Å². The fourth-order valence-corrected chi connectivity index (χ4v) is 1.63. The summed E-state index contributed by atoms with van der Waals surface area (Å²) in [7, 11) is 0. The standard InChI is InChI=1S/C11H22N2O2/c1-3-4-7-15-10(14)8-13-11(2)5-6-12-9-11/h12-13H,3-9H2,1-2H3. The average Bonchev–Trinajstić information content (AvgIpc) is 2.64. The molecule has 1 unspecified atom stereocenters. The maximum absolute atomic E-state index is 11.3. The Morgan fingerprint density at radius 1 is 1.60 bits per heavy atom. The molecule has 1 atom stereocenters. The van der Waals surface area contributed by atoms with Gasteiger partial charge in [-0.1, -0.05) is 13.3 Å². The van der Waals surface area contributed by atoms with E-state index in [0.717, 1.165) is 32.4 Å². The van der Waals surface area contributed by atoms with Crippen LogP contribution in [0.4, 0.5) is 0 Å². The molecule has 4 nitrogen and oxygen atoms in total. The second-order valence-electron chi connectivity index (χ2n) is 4.42. The van der Waals surface area contributed by atoms with Crippen LogP contribution in [0.2, 0.25) is 0 Å². The minimum atomic E-state index is -0.142. The van der Waals surface area contributed by atoms with E-state index in [1.54, 1.807) is 0 Å². The number of carbonyl (C=O) groups is 1. The van der Waals surface area contributed by atoms with Crippen molar-refractivity contribution in [2.45, 2.75) is 38.6 Å². The molecule has 0 aromatic carbocycles. The number of carbonyl (C=O) groups excluding carboxylic acids is 1. The second kappa shape index (κ2) is 6.08. The van der Waals surface area contributed by atoms with Crippen molar-refractivity contribution < 1.29 is 9.53 Å². The van der Waals surface area contributed by atoms with Gasteiger partial charge in [0.15, 0.2) is 0 Å². The first-order valence-electron chi connectivity index (χ1n) is 5.78. The van der Waals surface area contributed by atoms with Gasteiger partial charge in [0, 0.05) is 12.1 Å². The summed E-state index contributed by atoms with van der Waals surface area (Å²) < 4.78 is 5.07. The van der Waals surface area contributed by atoms with Gasteiger partial charge in [0.1, 0.15) is 0 Å². The van der Waals surface area contributed by atoms with E-state index in [4.69, 9.17) is 4.74 Å². The number of hydrogen-bond donors (Lipinski definition) is 2. The molecule has 0 radical (unpaired) electrons. The van der Waals surface area contributed by atoms with Crippen molar-refractivity contribution in [2.75, 3.05) is 26.2 Å². The van der Waals surface area contributed by atoms with Gasteiger partial charge in [0.05, 0.1) is 13.2 Å². The number of nitrogens with one attached hydrogen (secondary N) is 2. The molecule has 0 aromatic heterocycles. The molecule has 2 N–H and O–H groups in total. The molecule has 0 saturated carbocycles. The third-order valence-corrected chi connectivity index (χ3v) is 2.79. The lowest BCUT2D eigenvalue weighted by Crippen LogP contribution is -2.46. The van der Waals surface area contributed by atoms with Gasteiger partial charge >= 0.3 is 5.97 Å². The fourth-order valence-electron chi connectivity index (χ4n) is 1.63. The van der Waals surface area contributed by atoms with Crippen molar-refractivity contribution in [3.8, 4) is 0 Å². The molecule has 0 aliphatic carbocycles. The number of esters is 1. The average molecular weight is 214 g/mol. The SMILES string of the molecule is CCCCOC(=O)CNC1(C)CCNC1. The molecule has 0 amide bonds. The van der Waals surface area contributed by atoms with Gasteiger partial charge in [0.2, 0.25) is 0 Å². The van der Waals surface area contributed by atoms with Gasteiger partial charge in [-0.15, -0.1) is 0 Å². The van der Waals surface area contributed by atoms with Gasteiger partial charge in [-0.2, -0.15) is 0 Å². The Balaban J connectivity index is 2.10. The molecular formula is C11H22N2O2. The van der Waals surface area contributed by atoms with Crippen molar-refractivity contribution in [1.29, 1.82) is 0 Å². The lowest BCUT2D eigenvalue weighted by molar-refractivity contribution is -0.143.